The van der Waals surface area contributed by atoms with Crippen molar-refractivity contribution in [1.82, 2.24) is 0 Å². The van der Waals surface area contributed by atoms with Crippen molar-refractivity contribution in [3.05, 3.63) is 0 Å². The molecule has 114 heavy (non-hydrogen) atoms. The van der Waals surface area contributed by atoms with Gasteiger partial charge in [0.05, 0.1) is 26.4 Å². The van der Waals surface area contributed by atoms with Crippen LogP contribution in [0.2, 0.25) is 0 Å². The Morgan fingerprint density at radius 3 is 0.518 bits per heavy atom. The number of aliphatic hydroxyl groups excluding tert-OH is 1. The second-order valence-corrected chi connectivity index (χ2v) is 37.0. The first kappa shape index (κ1) is 112. The number of carbonyl (C=O) groups excluding carboxylic acids is 4. The minimum atomic E-state index is -4.97. The lowest BCUT2D eigenvalue weighted by Crippen LogP contribution is -2.30. The maximum Gasteiger partial charge on any atom is 0.472 e. The smallest absolute Gasteiger partial charge is 0.462 e. The van der Waals surface area contributed by atoms with Gasteiger partial charge < -0.3 is 33.8 Å². The molecule has 0 fully saturated rings. The topological polar surface area (TPSA) is 237 Å². The maximum atomic E-state index is 13.2. The van der Waals surface area contributed by atoms with Crippen LogP contribution in [0.3, 0.4) is 0 Å². The molecule has 0 radical (unpaired) electrons. The lowest BCUT2D eigenvalue weighted by atomic mass is 10.0. The predicted molar refractivity (Wildman–Crippen MR) is 474 cm³/mol. The van der Waals surface area contributed by atoms with E-state index in [1.54, 1.807) is 0 Å². The van der Waals surface area contributed by atoms with E-state index in [-0.39, 0.29) is 25.7 Å². The molecule has 0 aromatic rings. The molecule has 2 unspecified atom stereocenters. The number of phosphoric acid groups is 2. The second-order valence-electron chi connectivity index (χ2n) is 34.1. The molecule has 678 valence electrons. The molecule has 3 N–H and O–H groups in total. The van der Waals surface area contributed by atoms with Crippen molar-refractivity contribution < 1.29 is 80.2 Å². The van der Waals surface area contributed by atoms with E-state index in [9.17, 15) is 43.2 Å². The first-order chi connectivity index (χ1) is 55.7. The van der Waals surface area contributed by atoms with Crippen LogP contribution in [0, 0.1) is 0 Å². The zero-order valence-electron chi connectivity index (χ0n) is 75.1. The summed E-state index contributed by atoms with van der Waals surface area (Å²) in [6.07, 6.45) is 87.7. The molecule has 0 saturated carbocycles. The Morgan fingerprint density at radius 1 is 0.211 bits per heavy atom. The molecular weight excluding hydrogens is 1470 g/mol. The standard InChI is InChI=1S/C95H186O17P2/c1-5-9-13-17-21-25-29-33-36-39-42-44-46-48-51-53-56-60-64-68-72-76-80-93(98)106-86-91(112-95(100)82-78-74-70-66-62-58-55-52-49-47-45-43-40-37-34-30-26-22-18-14-10-6-2)88-110-114(103,104)108-84-89(96)83-107-113(101,102)109-87-90(85-105-92(97)79-75-71-67-63-59-32-28-24-20-16-12-8-4)111-94(99)81-77-73-69-65-61-57-54-50-41-38-35-31-27-23-19-15-11-7-3/h89-91,96H,5-88H2,1-4H3,(H,101,102)(H,103,104)/t89-,90+,91+/m0/s1. The number of hydrogen-bond donors (Lipinski definition) is 3. The third kappa shape index (κ3) is 87.9. The molecule has 0 rings (SSSR count). The number of unbranched alkanes of at least 4 members (excludes halogenated alkanes) is 70. The first-order valence-electron chi connectivity index (χ1n) is 49.3. The van der Waals surface area contributed by atoms with Crippen LogP contribution in [-0.4, -0.2) is 96.7 Å². The molecule has 0 aromatic carbocycles. The highest BCUT2D eigenvalue weighted by Gasteiger charge is 2.31. The summed E-state index contributed by atoms with van der Waals surface area (Å²) >= 11 is 0. The quantitative estimate of drug-likeness (QED) is 0.0222. The van der Waals surface area contributed by atoms with E-state index in [1.165, 1.54) is 360 Å². The fraction of sp³-hybridized carbons (Fsp3) is 0.958. The van der Waals surface area contributed by atoms with Crippen molar-refractivity contribution in [2.75, 3.05) is 39.6 Å². The van der Waals surface area contributed by atoms with Crippen molar-refractivity contribution in [2.45, 2.75) is 547 Å². The third-order valence-electron chi connectivity index (χ3n) is 22.6. The average molecular weight is 1660 g/mol. The molecule has 0 spiro atoms. The van der Waals surface area contributed by atoms with Gasteiger partial charge in [0.1, 0.15) is 19.3 Å². The van der Waals surface area contributed by atoms with Crippen LogP contribution in [0.25, 0.3) is 0 Å². The molecular formula is C95H186O17P2. The summed E-state index contributed by atoms with van der Waals surface area (Å²) in [7, 11) is -9.94. The van der Waals surface area contributed by atoms with Crippen molar-refractivity contribution in [3.8, 4) is 0 Å². The number of phosphoric ester groups is 2. The molecule has 0 aliphatic carbocycles. The van der Waals surface area contributed by atoms with E-state index in [0.29, 0.717) is 25.7 Å². The summed E-state index contributed by atoms with van der Waals surface area (Å²) in [5.74, 6) is -2.09. The van der Waals surface area contributed by atoms with Crippen LogP contribution >= 0.6 is 15.6 Å². The number of rotatable bonds is 96. The second kappa shape index (κ2) is 88.8. The number of hydrogen-bond acceptors (Lipinski definition) is 15. The Morgan fingerprint density at radius 2 is 0.351 bits per heavy atom. The minimum absolute atomic E-state index is 0.110. The van der Waals surface area contributed by atoms with Crippen LogP contribution in [0.1, 0.15) is 529 Å². The lowest BCUT2D eigenvalue weighted by Gasteiger charge is -2.21. The molecule has 0 heterocycles. The fourth-order valence-corrected chi connectivity index (χ4v) is 16.7. The van der Waals surface area contributed by atoms with Crippen molar-refractivity contribution in [3.63, 3.8) is 0 Å². The van der Waals surface area contributed by atoms with Gasteiger partial charge in [0, 0.05) is 25.7 Å². The Kier molecular flexibility index (Phi) is 87.3. The van der Waals surface area contributed by atoms with E-state index >= 15 is 0 Å². The molecule has 0 aliphatic rings. The van der Waals surface area contributed by atoms with E-state index in [4.69, 9.17) is 37.0 Å². The molecule has 17 nitrogen and oxygen atoms in total. The van der Waals surface area contributed by atoms with Gasteiger partial charge in [0.15, 0.2) is 12.2 Å². The molecule has 0 aromatic heterocycles. The van der Waals surface area contributed by atoms with Gasteiger partial charge in [-0.15, -0.1) is 0 Å². The normalized spacial score (nSPS) is 13.6. The van der Waals surface area contributed by atoms with Crippen LogP contribution in [0.15, 0.2) is 0 Å². The first-order valence-corrected chi connectivity index (χ1v) is 52.3. The van der Waals surface area contributed by atoms with E-state index in [0.717, 1.165) is 89.9 Å². The molecule has 0 aliphatic heterocycles. The van der Waals surface area contributed by atoms with Crippen LogP contribution in [-0.2, 0) is 65.4 Å². The minimum Gasteiger partial charge on any atom is -0.462 e. The molecule has 19 heteroatoms. The Labute approximate surface area is 702 Å². The van der Waals surface area contributed by atoms with Crippen molar-refractivity contribution in [1.29, 1.82) is 0 Å². The number of esters is 4. The van der Waals surface area contributed by atoms with Gasteiger partial charge in [-0.05, 0) is 25.7 Å². The largest absolute Gasteiger partial charge is 0.472 e. The van der Waals surface area contributed by atoms with Crippen molar-refractivity contribution in [2.24, 2.45) is 0 Å². The van der Waals surface area contributed by atoms with E-state index < -0.39 is 97.5 Å². The maximum absolute atomic E-state index is 13.2. The molecule has 5 atom stereocenters. The van der Waals surface area contributed by atoms with Crippen LogP contribution in [0.5, 0.6) is 0 Å². The summed E-state index contributed by atoms with van der Waals surface area (Å²) in [5.41, 5.74) is 0. The summed E-state index contributed by atoms with van der Waals surface area (Å²) in [4.78, 5) is 73.5. The third-order valence-corrected chi connectivity index (χ3v) is 24.5. The summed E-state index contributed by atoms with van der Waals surface area (Å²) in [5, 5.41) is 10.7. The van der Waals surface area contributed by atoms with Gasteiger partial charge in [-0.1, -0.05) is 477 Å². The fourth-order valence-electron chi connectivity index (χ4n) is 15.1. The number of aliphatic hydroxyl groups is 1. The summed E-state index contributed by atoms with van der Waals surface area (Å²) < 4.78 is 69.2. The Hall–Kier alpha value is -1.94. The predicted octanol–water partition coefficient (Wildman–Crippen LogP) is 30.0. The van der Waals surface area contributed by atoms with Gasteiger partial charge in [0.2, 0.25) is 0 Å². The monoisotopic (exact) mass is 1660 g/mol. The number of ether oxygens (including phenoxy) is 4. The van der Waals surface area contributed by atoms with Gasteiger partial charge in [0.25, 0.3) is 0 Å². The van der Waals surface area contributed by atoms with E-state index in [1.807, 2.05) is 0 Å². The SMILES string of the molecule is CCCCCCCCCCCCCCCCCCCCCCCCC(=O)OC[C@H](COP(=O)(O)OC[C@@H](O)COP(=O)(O)OC[C@@H](COC(=O)CCCCCCCCCCCCCC)OC(=O)CCCCCCCCCCCCCCCCCCCC)OC(=O)CCCCCCCCCCCCCCCCCCCCCCCC. The van der Waals surface area contributed by atoms with Gasteiger partial charge >= 0.3 is 39.5 Å². The average Bonchev–Trinajstić information content (AvgIpc) is 0.899. The summed E-state index contributed by atoms with van der Waals surface area (Å²) in [6.45, 7) is 5.11. The number of carbonyl (C=O) groups is 4. The zero-order chi connectivity index (χ0) is 83.1. The summed E-state index contributed by atoms with van der Waals surface area (Å²) in [6, 6.07) is 0. The molecule has 0 bridgehead atoms. The van der Waals surface area contributed by atoms with Gasteiger partial charge in [-0.25, -0.2) is 9.13 Å². The van der Waals surface area contributed by atoms with E-state index in [2.05, 4.69) is 27.7 Å². The highest BCUT2D eigenvalue weighted by atomic mass is 31.2. The Bertz CT molecular complexity index is 2140. The van der Waals surface area contributed by atoms with Crippen molar-refractivity contribution >= 4 is 39.5 Å². The van der Waals surface area contributed by atoms with Gasteiger partial charge in [-0.3, -0.25) is 37.3 Å². The van der Waals surface area contributed by atoms with Gasteiger partial charge in [-0.2, -0.15) is 0 Å². The van der Waals surface area contributed by atoms with Crippen LogP contribution < -0.4 is 0 Å². The Balaban J connectivity index is 5.23. The lowest BCUT2D eigenvalue weighted by molar-refractivity contribution is -0.161. The highest BCUT2D eigenvalue weighted by molar-refractivity contribution is 7.47. The van der Waals surface area contributed by atoms with Crippen LogP contribution in [0.4, 0.5) is 0 Å². The molecule has 0 amide bonds. The highest BCUT2D eigenvalue weighted by Crippen LogP contribution is 2.45. The zero-order valence-corrected chi connectivity index (χ0v) is 76.9. The molecule has 0 saturated heterocycles.